The summed E-state index contributed by atoms with van der Waals surface area (Å²) < 4.78 is 6.99. The average molecular weight is 326 g/mol. The van der Waals surface area contributed by atoms with Crippen molar-refractivity contribution in [3.05, 3.63) is 50.6 Å². The molecule has 0 saturated heterocycles. The maximum Gasteiger partial charge on any atom is 0.124 e. The summed E-state index contributed by atoms with van der Waals surface area (Å²) in [4.78, 5) is 1.20. The van der Waals surface area contributed by atoms with Gasteiger partial charge in [-0.3, -0.25) is 0 Å². The predicted octanol–water partition coefficient (Wildman–Crippen LogP) is 4.50. The predicted molar refractivity (Wildman–Crippen MR) is 80.0 cm³/mol. The highest BCUT2D eigenvalue weighted by molar-refractivity contribution is 9.11. The van der Waals surface area contributed by atoms with Crippen LogP contribution in [0.15, 0.2) is 40.2 Å². The lowest BCUT2D eigenvalue weighted by Crippen LogP contribution is -2.10. The van der Waals surface area contributed by atoms with E-state index in [1.807, 2.05) is 30.3 Å². The van der Waals surface area contributed by atoms with Gasteiger partial charge in [-0.05, 0) is 40.5 Å². The summed E-state index contributed by atoms with van der Waals surface area (Å²) in [5, 5.41) is 0. The highest BCUT2D eigenvalue weighted by Crippen LogP contribution is 2.28. The number of nitrogens with two attached hydrogens (primary N) is 1. The normalized spacial score (nSPS) is 12.4. The quantitative estimate of drug-likeness (QED) is 0.878. The molecule has 1 heterocycles. The molecule has 1 atom stereocenters. The van der Waals surface area contributed by atoms with Crippen molar-refractivity contribution < 1.29 is 4.74 Å². The Balaban J connectivity index is 2.09. The zero-order chi connectivity index (χ0) is 13.0. The molecule has 18 heavy (non-hydrogen) atoms. The van der Waals surface area contributed by atoms with Crippen LogP contribution in [0, 0.1) is 0 Å². The van der Waals surface area contributed by atoms with Gasteiger partial charge in [-0.15, -0.1) is 11.3 Å². The SMILES string of the molecule is CCC(N)c1ccccc1OCc1ccc(Br)s1. The van der Waals surface area contributed by atoms with E-state index in [2.05, 4.69) is 28.9 Å². The number of hydrogen-bond donors (Lipinski definition) is 1. The number of halogens is 1. The van der Waals surface area contributed by atoms with Gasteiger partial charge in [0.05, 0.1) is 3.79 Å². The van der Waals surface area contributed by atoms with Crippen LogP contribution < -0.4 is 10.5 Å². The van der Waals surface area contributed by atoms with Crippen LogP contribution in [0.1, 0.15) is 29.8 Å². The Kier molecular flexibility index (Phi) is 4.80. The molecule has 1 aromatic carbocycles. The van der Waals surface area contributed by atoms with Gasteiger partial charge in [0.2, 0.25) is 0 Å². The third-order valence-corrected chi connectivity index (χ3v) is 4.35. The minimum Gasteiger partial charge on any atom is -0.488 e. The Morgan fingerprint density at radius 2 is 2.06 bits per heavy atom. The first-order valence-electron chi connectivity index (χ1n) is 5.92. The van der Waals surface area contributed by atoms with E-state index in [-0.39, 0.29) is 6.04 Å². The first kappa shape index (κ1) is 13.6. The molecule has 0 aliphatic heterocycles. The lowest BCUT2D eigenvalue weighted by atomic mass is 10.0. The van der Waals surface area contributed by atoms with Gasteiger partial charge in [0.1, 0.15) is 12.4 Å². The van der Waals surface area contributed by atoms with Gasteiger partial charge in [-0.1, -0.05) is 25.1 Å². The second-order valence-corrected chi connectivity index (χ2v) is 6.59. The maximum atomic E-state index is 6.08. The van der Waals surface area contributed by atoms with E-state index in [4.69, 9.17) is 10.5 Å². The fraction of sp³-hybridized carbons (Fsp3) is 0.286. The molecule has 2 N–H and O–H groups in total. The number of rotatable bonds is 5. The first-order chi connectivity index (χ1) is 8.70. The molecule has 1 unspecified atom stereocenters. The zero-order valence-electron chi connectivity index (χ0n) is 10.2. The molecular formula is C14H16BrNOS. The number of para-hydroxylation sites is 1. The molecule has 0 bridgehead atoms. The molecule has 2 rings (SSSR count). The monoisotopic (exact) mass is 325 g/mol. The van der Waals surface area contributed by atoms with E-state index in [9.17, 15) is 0 Å². The van der Waals surface area contributed by atoms with Gasteiger partial charge >= 0.3 is 0 Å². The zero-order valence-corrected chi connectivity index (χ0v) is 12.6. The van der Waals surface area contributed by atoms with Crippen LogP contribution in [0.25, 0.3) is 0 Å². The number of ether oxygens (including phenoxy) is 1. The third-order valence-electron chi connectivity index (χ3n) is 2.76. The Bertz CT molecular complexity index is 512. The van der Waals surface area contributed by atoms with Crippen LogP contribution in [0.5, 0.6) is 5.75 Å². The van der Waals surface area contributed by atoms with Crippen molar-refractivity contribution in [3.63, 3.8) is 0 Å². The lowest BCUT2D eigenvalue weighted by Gasteiger charge is -2.15. The Labute approximate surface area is 120 Å². The molecule has 0 radical (unpaired) electrons. The van der Waals surface area contributed by atoms with Crippen molar-refractivity contribution in [1.29, 1.82) is 0 Å². The summed E-state index contributed by atoms with van der Waals surface area (Å²) >= 11 is 5.14. The molecule has 2 nitrogen and oxygen atoms in total. The van der Waals surface area contributed by atoms with Crippen molar-refractivity contribution in [2.45, 2.75) is 26.0 Å². The van der Waals surface area contributed by atoms with E-state index >= 15 is 0 Å². The Hall–Kier alpha value is -0.840. The fourth-order valence-electron chi connectivity index (χ4n) is 1.72. The van der Waals surface area contributed by atoms with E-state index in [1.165, 1.54) is 4.88 Å². The van der Waals surface area contributed by atoms with Gasteiger partial charge in [0.25, 0.3) is 0 Å². The third kappa shape index (κ3) is 3.34. The van der Waals surface area contributed by atoms with Crippen molar-refractivity contribution in [2.24, 2.45) is 5.73 Å². The molecule has 2 aromatic rings. The largest absolute Gasteiger partial charge is 0.488 e. The van der Waals surface area contributed by atoms with E-state index in [0.717, 1.165) is 21.5 Å². The molecule has 0 aliphatic carbocycles. The lowest BCUT2D eigenvalue weighted by molar-refractivity contribution is 0.304. The summed E-state index contributed by atoms with van der Waals surface area (Å²) in [7, 11) is 0. The molecular weight excluding hydrogens is 310 g/mol. The number of benzene rings is 1. The molecule has 96 valence electrons. The van der Waals surface area contributed by atoms with E-state index < -0.39 is 0 Å². The number of thiophene rings is 1. The van der Waals surface area contributed by atoms with Gasteiger partial charge in [-0.25, -0.2) is 0 Å². The topological polar surface area (TPSA) is 35.2 Å². The van der Waals surface area contributed by atoms with Gasteiger partial charge in [0, 0.05) is 16.5 Å². The van der Waals surface area contributed by atoms with Crippen LogP contribution in [0.2, 0.25) is 0 Å². The van der Waals surface area contributed by atoms with Crippen LogP contribution in [0.3, 0.4) is 0 Å². The molecule has 0 fully saturated rings. The molecule has 0 saturated carbocycles. The highest BCUT2D eigenvalue weighted by Gasteiger charge is 2.10. The Morgan fingerprint density at radius 1 is 1.28 bits per heavy atom. The van der Waals surface area contributed by atoms with Crippen molar-refractivity contribution in [2.75, 3.05) is 0 Å². The van der Waals surface area contributed by atoms with E-state index in [0.29, 0.717) is 6.61 Å². The molecule has 0 amide bonds. The molecule has 0 spiro atoms. The summed E-state index contributed by atoms with van der Waals surface area (Å²) in [6.07, 6.45) is 0.908. The second-order valence-electron chi connectivity index (χ2n) is 4.05. The summed E-state index contributed by atoms with van der Waals surface area (Å²) in [5.74, 6) is 0.886. The smallest absolute Gasteiger partial charge is 0.124 e. The number of hydrogen-bond acceptors (Lipinski definition) is 3. The standard InChI is InChI=1S/C14H16BrNOS/c1-2-12(16)11-5-3-4-6-13(11)17-9-10-7-8-14(15)18-10/h3-8,12H,2,9,16H2,1H3. The van der Waals surface area contributed by atoms with Crippen LogP contribution in [-0.2, 0) is 6.61 Å². The first-order valence-corrected chi connectivity index (χ1v) is 7.53. The summed E-state index contributed by atoms with van der Waals surface area (Å²) in [5.41, 5.74) is 7.16. The van der Waals surface area contributed by atoms with Crippen molar-refractivity contribution >= 4 is 27.3 Å². The van der Waals surface area contributed by atoms with Gasteiger partial charge in [-0.2, -0.15) is 0 Å². The summed E-state index contributed by atoms with van der Waals surface area (Å²) in [6, 6.07) is 12.1. The van der Waals surface area contributed by atoms with E-state index in [1.54, 1.807) is 11.3 Å². The molecule has 4 heteroatoms. The van der Waals surface area contributed by atoms with Crippen LogP contribution in [-0.4, -0.2) is 0 Å². The van der Waals surface area contributed by atoms with Crippen molar-refractivity contribution in [3.8, 4) is 5.75 Å². The fourth-order valence-corrected chi connectivity index (χ4v) is 3.11. The van der Waals surface area contributed by atoms with Gasteiger partial charge in [0.15, 0.2) is 0 Å². The summed E-state index contributed by atoms with van der Waals surface area (Å²) in [6.45, 7) is 2.67. The van der Waals surface area contributed by atoms with Gasteiger partial charge < -0.3 is 10.5 Å². The average Bonchev–Trinajstić information content (AvgIpc) is 2.81. The Morgan fingerprint density at radius 3 is 2.72 bits per heavy atom. The minimum absolute atomic E-state index is 0.0382. The van der Waals surface area contributed by atoms with Crippen LogP contribution >= 0.6 is 27.3 Å². The van der Waals surface area contributed by atoms with Crippen molar-refractivity contribution in [1.82, 2.24) is 0 Å². The second kappa shape index (κ2) is 6.36. The van der Waals surface area contributed by atoms with Crippen LogP contribution in [0.4, 0.5) is 0 Å². The maximum absolute atomic E-state index is 6.08. The highest BCUT2D eigenvalue weighted by atomic mass is 79.9. The minimum atomic E-state index is 0.0382. The molecule has 1 aromatic heterocycles. The molecule has 0 aliphatic rings.